The van der Waals surface area contributed by atoms with Crippen molar-refractivity contribution in [3.63, 3.8) is 0 Å². The smallest absolute Gasteiger partial charge is 0.325 e. The number of likely N-dealkylation sites (tertiary alicyclic amines) is 1. The number of thiol groups is 2. The number of rotatable bonds is 53. The number of aliphatic hydroxyl groups excluding tert-OH is 1. The number of aromatic amines is 2. The number of aliphatic hydroxyl groups is 1. The van der Waals surface area contributed by atoms with Crippen molar-refractivity contribution in [1.82, 2.24) is 99.9 Å². The largest absolute Gasteiger partial charge is 0.508 e. The van der Waals surface area contributed by atoms with E-state index < -0.39 is 242 Å². The summed E-state index contributed by atoms with van der Waals surface area (Å²) in [5.41, 5.74) is 14.3. The van der Waals surface area contributed by atoms with Crippen molar-refractivity contribution in [2.75, 3.05) is 44.3 Å². The summed E-state index contributed by atoms with van der Waals surface area (Å²) in [6.07, 6.45) is 2.56. The Hall–Kier alpha value is -12.9. The Labute approximate surface area is 779 Å². The number of nitrogens with one attached hydrogen (secondary N) is 18. The molecule has 0 saturated carbocycles. The Kier molecular flexibility index (Phi) is 43.3. The highest BCUT2D eigenvalue weighted by molar-refractivity contribution is 7.80. The van der Waals surface area contributed by atoms with Crippen LogP contribution in [0.3, 0.4) is 0 Å². The van der Waals surface area contributed by atoms with Gasteiger partial charge in [0.05, 0.1) is 32.3 Å². The molecule has 0 aliphatic carbocycles. The van der Waals surface area contributed by atoms with Crippen LogP contribution in [0.5, 0.6) is 5.75 Å². The number of aromatic nitrogens is 2. The number of hydrogen-bond acceptors (Lipinski definition) is 24. The minimum absolute atomic E-state index is 0.00351. The number of primary amides is 1. The van der Waals surface area contributed by atoms with Gasteiger partial charge in [-0.15, -0.1) is 0 Å². The number of fused-ring (bicyclic) bond motifs is 2. The molecule has 25 N–H and O–H groups in total. The van der Waals surface area contributed by atoms with Gasteiger partial charge in [0.1, 0.15) is 90.3 Å². The zero-order chi connectivity index (χ0) is 98.8. The molecule has 1 fully saturated rings. The molecule has 3 aromatic carbocycles. The lowest BCUT2D eigenvalue weighted by Gasteiger charge is -2.30. The maximum atomic E-state index is 14.9. The lowest BCUT2D eigenvalue weighted by atomic mass is 10.0. The molecule has 18 amide bonds. The number of carboxylic acids is 1. The number of aromatic hydroxyl groups is 1. The van der Waals surface area contributed by atoms with Crippen molar-refractivity contribution in [1.29, 1.82) is 0 Å². The third kappa shape index (κ3) is 34.6. The Morgan fingerprint density at radius 1 is 0.436 bits per heavy atom. The SMILES string of the molecule is CC(C)C[C@H](NC(=O)[C@H](CO)NC(=O)[C@H](CCC(N)=O)NC(=O)[C@H](CS)NC(=O)[C@@H](N)CC(C)C)C(=O)NCC(=O)N[C@H](C(=O)N[C@@H](C)C(=O)N[C@@H](Cc1ccc(O)cc1)C(=O)N1CCC[C@H]1C(=O)NCC(=O)N[C@@H](Cc1c[nH]c2ccccc12)C(=O)N[C@@H](CC(C)C)C(=O)N[C@@H](C)C(=O)NCC(=O)N[C@@H](Cc1c[nH]c2ccccc12)C(=O)N[C@@H](CS)C(=O)N[C@@H](C)C(=O)O)C(C)C. The summed E-state index contributed by atoms with van der Waals surface area (Å²) < 4.78 is 0. The van der Waals surface area contributed by atoms with Crippen LogP contribution in [0.2, 0.25) is 0 Å². The van der Waals surface area contributed by atoms with E-state index in [1.807, 2.05) is 13.8 Å². The van der Waals surface area contributed by atoms with Crippen LogP contribution in [-0.4, -0.2) is 277 Å². The molecule has 2 aromatic heterocycles. The molecule has 0 radical (unpaired) electrons. The van der Waals surface area contributed by atoms with Gasteiger partial charge in [0.25, 0.3) is 0 Å². The zero-order valence-corrected chi connectivity index (χ0v) is 78.0. The third-order valence-corrected chi connectivity index (χ3v) is 22.3. The standard InChI is InChI=1S/C88H127N21O22S2/c1-43(2)29-56(89)76(118)106-67(42-133)84(126)101-59(26-27-69(90)112)78(120)105-65(40-110)82(124)102-60(30-44(3)4)77(119)94-39-72(115)108-73(46(7)8)86(128)97-48(10)75(117)104-64(32-50-22-24-53(111)25-23-50)87(129)109-28-16-21-68(109)85(127)95-38-71(114)99-62(33-51-35-91-57-19-14-12-17-54(51)57)80(122)103-61(31-45(5)6)79(121)96-47(9)74(116)93-37-70(113)100-63(34-52-36-92-58-20-15-13-18-55(52)58)81(123)107-66(41-132)83(125)98-49(11)88(130)131/h12-15,17-20,22-25,35-36,43-49,56,59-68,73,91-92,110-111,132-133H,16,21,26-34,37-42,89H2,1-11H3,(H2,90,112)(H,93,116)(H,94,119)(H,95,127)(H,96,121)(H,97,128)(H,98,125)(H,99,114)(H,100,113)(H,101,126)(H,102,124)(H,103,122)(H,104,117)(H,105,120)(H,106,118)(H,107,123)(H,108,115)(H,130,131)/t47-,48-,49-,56-,59-,60-,61-,62-,63-,64-,65-,66-,67-,68-,73-/m0/s1. The third-order valence-electron chi connectivity index (χ3n) is 21.6. The fraction of sp³-hybridized carbons (Fsp3) is 0.534. The number of amides is 18. The second-order valence-electron chi connectivity index (χ2n) is 34.4. The zero-order valence-electron chi connectivity index (χ0n) is 76.2. The first-order valence-electron chi connectivity index (χ1n) is 43.8. The number of hydrogen-bond donors (Lipinski definition) is 25. The lowest BCUT2D eigenvalue weighted by Crippen LogP contribution is -2.60. The predicted molar refractivity (Wildman–Crippen MR) is 494 cm³/mol. The monoisotopic (exact) mass is 1890 g/mol. The minimum Gasteiger partial charge on any atom is -0.508 e. The number of nitrogens with two attached hydrogens (primary N) is 2. The molecule has 6 rings (SSSR count). The van der Waals surface area contributed by atoms with Crippen LogP contribution in [-0.2, 0) is 110 Å². The van der Waals surface area contributed by atoms with Crippen molar-refractivity contribution >= 4 is 159 Å². The summed E-state index contributed by atoms with van der Waals surface area (Å²) in [7, 11) is 0. The van der Waals surface area contributed by atoms with E-state index in [9.17, 15) is 106 Å². The summed E-state index contributed by atoms with van der Waals surface area (Å²) in [6.45, 7) is 14.3. The minimum atomic E-state index is -1.76. The van der Waals surface area contributed by atoms with E-state index >= 15 is 0 Å². The average Bonchev–Trinajstić information content (AvgIpc) is 1.70. The van der Waals surface area contributed by atoms with Crippen LogP contribution in [0.1, 0.15) is 138 Å². The topological polar surface area (TPSA) is 664 Å². The summed E-state index contributed by atoms with van der Waals surface area (Å²) in [4.78, 5) is 267. The van der Waals surface area contributed by atoms with Gasteiger partial charge >= 0.3 is 5.97 Å². The summed E-state index contributed by atoms with van der Waals surface area (Å²) in [6, 6.07) is -0.705. The first-order valence-corrected chi connectivity index (χ1v) is 45.1. The molecular formula is C88H127N21O22S2. The number of phenols is 1. The molecule has 0 spiro atoms. The molecule has 5 aromatic rings. The number of nitrogens with zero attached hydrogens (tertiary/aromatic N) is 1. The predicted octanol–water partition coefficient (Wildman–Crippen LogP) is -3.59. The number of para-hydroxylation sites is 2. The van der Waals surface area contributed by atoms with E-state index in [1.165, 1.54) is 49.9 Å². The fourth-order valence-electron chi connectivity index (χ4n) is 14.4. The van der Waals surface area contributed by atoms with Crippen LogP contribution >= 0.6 is 25.3 Å². The summed E-state index contributed by atoms with van der Waals surface area (Å²) in [5.74, 6) is -18.9. The highest BCUT2D eigenvalue weighted by Crippen LogP contribution is 2.24. The molecule has 3 heterocycles. The first kappa shape index (κ1) is 109. The van der Waals surface area contributed by atoms with E-state index in [0.29, 0.717) is 33.0 Å². The summed E-state index contributed by atoms with van der Waals surface area (Å²) in [5, 5.41) is 71.4. The van der Waals surface area contributed by atoms with Gasteiger partial charge in [-0.25, -0.2) is 0 Å². The van der Waals surface area contributed by atoms with Crippen molar-refractivity contribution in [3.05, 3.63) is 102 Å². The quantitative estimate of drug-likeness (QED) is 0.0167. The number of phenolic OH excluding ortho intramolecular Hbond substituents is 1. The number of H-pyrrole nitrogens is 2. The first-order chi connectivity index (χ1) is 62.8. The van der Waals surface area contributed by atoms with Crippen LogP contribution in [0.4, 0.5) is 0 Å². The fourth-order valence-corrected chi connectivity index (χ4v) is 14.9. The average molecular weight is 1900 g/mol. The molecule has 0 bridgehead atoms. The Morgan fingerprint density at radius 3 is 1.35 bits per heavy atom. The second-order valence-corrected chi connectivity index (χ2v) is 35.1. The summed E-state index contributed by atoms with van der Waals surface area (Å²) >= 11 is 8.33. The maximum absolute atomic E-state index is 14.9. The van der Waals surface area contributed by atoms with E-state index in [0.717, 1.165) is 5.52 Å². The second kappa shape index (κ2) is 53.0. The van der Waals surface area contributed by atoms with Gasteiger partial charge in [-0.3, -0.25) is 91.1 Å². The molecule has 1 aliphatic heterocycles. The molecule has 43 nitrogen and oxygen atoms in total. The highest BCUT2D eigenvalue weighted by atomic mass is 32.1. The number of carbonyl (C=O) groups is 19. The van der Waals surface area contributed by atoms with Crippen LogP contribution in [0.15, 0.2) is 85.2 Å². The Balaban J connectivity index is 1.08. The van der Waals surface area contributed by atoms with Gasteiger partial charge in [-0.1, -0.05) is 104 Å². The van der Waals surface area contributed by atoms with Gasteiger partial charge in [0.2, 0.25) is 106 Å². The Morgan fingerprint density at radius 2 is 0.850 bits per heavy atom. The van der Waals surface area contributed by atoms with E-state index in [2.05, 4.69) is 120 Å². The van der Waals surface area contributed by atoms with Crippen molar-refractivity contribution in [2.24, 2.45) is 35.1 Å². The molecule has 45 heteroatoms. The molecule has 1 aliphatic rings. The van der Waals surface area contributed by atoms with Gasteiger partial charge in [0, 0.05) is 77.9 Å². The van der Waals surface area contributed by atoms with Gasteiger partial charge in [-0.2, -0.15) is 25.3 Å². The Bertz CT molecular complexity index is 4950. The van der Waals surface area contributed by atoms with Gasteiger partial charge in [-0.05, 0) is 124 Å². The number of benzene rings is 3. The van der Waals surface area contributed by atoms with Crippen LogP contribution < -0.4 is 96.5 Å². The number of aliphatic carboxylic acids is 1. The maximum Gasteiger partial charge on any atom is 0.325 e. The molecule has 15 atom stereocenters. The molecule has 728 valence electrons. The molecule has 1 saturated heterocycles. The number of carboxylic acid groups (broad SMARTS) is 1. The van der Waals surface area contributed by atoms with Crippen molar-refractivity contribution in [2.45, 2.75) is 231 Å². The van der Waals surface area contributed by atoms with E-state index in [1.54, 1.807) is 102 Å². The van der Waals surface area contributed by atoms with Crippen LogP contribution in [0.25, 0.3) is 21.8 Å². The normalized spacial score (nSPS) is 15.6. The van der Waals surface area contributed by atoms with Crippen molar-refractivity contribution < 1.29 is 106 Å². The number of carbonyl (C=O) groups excluding carboxylic acids is 18. The van der Waals surface area contributed by atoms with Gasteiger partial charge < -0.3 is 127 Å². The van der Waals surface area contributed by atoms with Crippen LogP contribution in [0, 0.1) is 23.7 Å². The molecule has 133 heavy (non-hydrogen) atoms. The van der Waals surface area contributed by atoms with E-state index in [-0.39, 0.29) is 99.3 Å². The van der Waals surface area contributed by atoms with Crippen molar-refractivity contribution in [3.8, 4) is 5.75 Å². The molecule has 0 unspecified atom stereocenters. The molecular weight excluding hydrogens is 1770 g/mol. The highest BCUT2D eigenvalue weighted by Gasteiger charge is 2.41. The van der Waals surface area contributed by atoms with Gasteiger partial charge in [0.15, 0.2) is 0 Å². The lowest BCUT2D eigenvalue weighted by molar-refractivity contribution is -0.142. The van der Waals surface area contributed by atoms with E-state index in [4.69, 9.17) is 11.5 Å².